The van der Waals surface area contributed by atoms with Crippen molar-refractivity contribution in [3.8, 4) is 0 Å². The van der Waals surface area contributed by atoms with Crippen LogP contribution >= 0.6 is 0 Å². The average Bonchev–Trinajstić information content (AvgIpc) is 2.79. The standard InChI is InChI=1S/C24H22FN3O3/c1-15(13-25)17-3-8-20(9-4-17)27-23(30)19-7-12-22(26-14-19)24(31)28-21-10-5-18(6-11-21)16(2)29/h3-12,26H,1,13-14H2,2H3,(H,27,30)(H,28,31). The van der Waals surface area contributed by atoms with E-state index in [2.05, 4.69) is 22.5 Å². The lowest BCUT2D eigenvalue weighted by molar-refractivity contribution is -0.114. The van der Waals surface area contributed by atoms with Gasteiger partial charge in [0, 0.05) is 29.1 Å². The molecule has 1 aliphatic heterocycles. The van der Waals surface area contributed by atoms with Gasteiger partial charge in [0.25, 0.3) is 11.8 Å². The van der Waals surface area contributed by atoms with Crippen molar-refractivity contribution in [3.05, 3.63) is 89.7 Å². The number of allylic oxidation sites excluding steroid dienone is 3. The Morgan fingerprint density at radius 1 is 0.903 bits per heavy atom. The highest BCUT2D eigenvalue weighted by Gasteiger charge is 2.17. The Hall–Kier alpha value is -4.00. The van der Waals surface area contributed by atoms with Crippen molar-refractivity contribution in [2.24, 2.45) is 0 Å². The quantitative estimate of drug-likeness (QED) is 0.595. The molecule has 0 aromatic heterocycles. The molecule has 3 N–H and O–H groups in total. The summed E-state index contributed by atoms with van der Waals surface area (Å²) in [5, 5.41) is 8.43. The fraction of sp³-hybridized carbons (Fsp3) is 0.125. The molecule has 0 bridgehead atoms. The summed E-state index contributed by atoms with van der Waals surface area (Å²) in [5.41, 5.74) is 3.53. The molecule has 3 rings (SSSR count). The molecule has 2 amide bonds. The van der Waals surface area contributed by atoms with Gasteiger partial charge in [-0.05, 0) is 66.6 Å². The minimum Gasteiger partial charge on any atom is -0.376 e. The summed E-state index contributed by atoms with van der Waals surface area (Å²) < 4.78 is 12.7. The highest BCUT2D eigenvalue weighted by Crippen LogP contribution is 2.18. The third-order valence-corrected chi connectivity index (χ3v) is 4.72. The number of hydrogen-bond acceptors (Lipinski definition) is 4. The summed E-state index contributed by atoms with van der Waals surface area (Å²) in [7, 11) is 0. The summed E-state index contributed by atoms with van der Waals surface area (Å²) in [4.78, 5) is 36.2. The smallest absolute Gasteiger partial charge is 0.271 e. The molecule has 0 fully saturated rings. The molecule has 6 nitrogen and oxygen atoms in total. The van der Waals surface area contributed by atoms with Gasteiger partial charge < -0.3 is 16.0 Å². The number of halogens is 1. The highest BCUT2D eigenvalue weighted by molar-refractivity contribution is 6.07. The zero-order valence-electron chi connectivity index (χ0n) is 17.0. The number of rotatable bonds is 7. The Labute approximate surface area is 179 Å². The van der Waals surface area contributed by atoms with Crippen LogP contribution in [-0.2, 0) is 9.59 Å². The van der Waals surface area contributed by atoms with Crippen molar-refractivity contribution < 1.29 is 18.8 Å². The number of carbonyl (C=O) groups is 3. The zero-order valence-corrected chi connectivity index (χ0v) is 17.0. The van der Waals surface area contributed by atoms with Gasteiger partial charge in [-0.3, -0.25) is 14.4 Å². The van der Waals surface area contributed by atoms with E-state index in [9.17, 15) is 18.8 Å². The molecule has 158 valence electrons. The van der Waals surface area contributed by atoms with Crippen LogP contribution in [0.3, 0.4) is 0 Å². The monoisotopic (exact) mass is 419 g/mol. The number of alkyl halides is 1. The molecule has 7 heteroatoms. The molecule has 1 aliphatic rings. The van der Waals surface area contributed by atoms with E-state index in [-0.39, 0.29) is 24.1 Å². The van der Waals surface area contributed by atoms with E-state index in [1.807, 2.05) is 0 Å². The number of Topliss-reactive ketones (excluding diaryl/α,β-unsaturated/α-hetero) is 1. The second kappa shape index (κ2) is 9.67. The second-order valence-corrected chi connectivity index (χ2v) is 6.98. The molecule has 0 aliphatic carbocycles. The summed E-state index contributed by atoms with van der Waals surface area (Å²) in [6, 6.07) is 13.3. The lowest BCUT2D eigenvalue weighted by Crippen LogP contribution is -2.32. The first-order chi connectivity index (χ1) is 14.9. The number of hydrogen-bond donors (Lipinski definition) is 3. The van der Waals surface area contributed by atoms with Crippen molar-refractivity contribution in [2.45, 2.75) is 6.92 Å². The molecule has 31 heavy (non-hydrogen) atoms. The largest absolute Gasteiger partial charge is 0.376 e. The Morgan fingerprint density at radius 3 is 1.94 bits per heavy atom. The van der Waals surface area contributed by atoms with Gasteiger partial charge in [0.2, 0.25) is 0 Å². The van der Waals surface area contributed by atoms with Crippen molar-refractivity contribution in [2.75, 3.05) is 23.9 Å². The van der Waals surface area contributed by atoms with Gasteiger partial charge in [-0.1, -0.05) is 18.7 Å². The third kappa shape index (κ3) is 5.54. The lowest BCUT2D eigenvalue weighted by atomic mass is 10.1. The van der Waals surface area contributed by atoms with E-state index in [1.54, 1.807) is 54.6 Å². The van der Waals surface area contributed by atoms with Gasteiger partial charge in [0.1, 0.15) is 12.4 Å². The Morgan fingerprint density at radius 2 is 1.45 bits per heavy atom. The third-order valence-electron chi connectivity index (χ3n) is 4.72. The fourth-order valence-electron chi connectivity index (χ4n) is 2.87. The number of amides is 2. The van der Waals surface area contributed by atoms with Gasteiger partial charge in [0.05, 0.1) is 0 Å². The van der Waals surface area contributed by atoms with E-state index in [1.165, 1.54) is 13.0 Å². The Balaban J connectivity index is 1.60. The van der Waals surface area contributed by atoms with E-state index in [4.69, 9.17) is 0 Å². The highest BCUT2D eigenvalue weighted by atomic mass is 19.1. The second-order valence-electron chi connectivity index (χ2n) is 6.98. The van der Waals surface area contributed by atoms with Gasteiger partial charge in [-0.15, -0.1) is 0 Å². The molecular weight excluding hydrogens is 397 g/mol. The first-order valence-electron chi connectivity index (χ1n) is 9.60. The molecule has 0 spiro atoms. The number of nitrogens with one attached hydrogen (secondary N) is 3. The molecular formula is C24H22FN3O3. The molecule has 1 heterocycles. The van der Waals surface area contributed by atoms with Gasteiger partial charge in [-0.2, -0.15) is 0 Å². The number of anilines is 2. The first kappa shape index (κ1) is 21.7. The molecule has 0 saturated carbocycles. The maximum absolute atomic E-state index is 12.7. The van der Waals surface area contributed by atoms with Crippen LogP contribution in [0.25, 0.3) is 5.57 Å². The summed E-state index contributed by atoms with van der Waals surface area (Å²) >= 11 is 0. The van der Waals surface area contributed by atoms with Crippen LogP contribution in [0.5, 0.6) is 0 Å². The summed E-state index contributed by atoms with van der Waals surface area (Å²) in [6.45, 7) is 4.67. The summed E-state index contributed by atoms with van der Waals surface area (Å²) in [5.74, 6) is -0.707. The minimum atomic E-state index is -0.629. The lowest BCUT2D eigenvalue weighted by Gasteiger charge is -2.17. The van der Waals surface area contributed by atoms with Crippen LogP contribution in [0.2, 0.25) is 0 Å². The number of dihydropyridines is 1. The van der Waals surface area contributed by atoms with Crippen LogP contribution < -0.4 is 16.0 Å². The molecule has 0 saturated heterocycles. The molecule has 0 atom stereocenters. The maximum Gasteiger partial charge on any atom is 0.271 e. The van der Waals surface area contributed by atoms with E-state index in [0.29, 0.717) is 39.3 Å². The normalized spacial score (nSPS) is 12.7. The Bertz CT molecular complexity index is 1080. The van der Waals surface area contributed by atoms with Crippen LogP contribution in [0, 0.1) is 0 Å². The zero-order chi connectivity index (χ0) is 22.4. The van der Waals surface area contributed by atoms with E-state index in [0.717, 1.165) is 0 Å². The minimum absolute atomic E-state index is 0.0494. The van der Waals surface area contributed by atoms with Crippen LogP contribution in [0.4, 0.5) is 15.8 Å². The SMILES string of the molecule is C=C(CF)c1ccc(NC(=O)C2=CC=C(C(=O)Nc3ccc(C(C)=O)cc3)NC2)cc1. The van der Waals surface area contributed by atoms with Crippen molar-refractivity contribution >= 4 is 34.5 Å². The van der Waals surface area contributed by atoms with Crippen LogP contribution in [0.1, 0.15) is 22.8 Å². The molecule has 2 aromatic rings. The molecule has 0 unspecified atom stereocenters. The molecule has 0 radical (unpaired) electrons. The number of ketones is 1. The topological polar surface area (TPSA) is 87.3 Å². The summed E-state index contributed by atoms with van der Waals surface area (Å²) in [6.07, 6.45) is 3.12. The van der Waals surface area contributed by atoms with Crippen LogP contribution in [-0.4, -0.2) is 30.8 Å². The number of benzene rings is 2. The van der Waals surface area contributed by atoms with Crippen molar-refractivity contribution in [1.29, 1.82) is 0 Å². The average molecular weight is 419 g/mol. The maximum atomic E-state index is 12.7. The van der Waals surface area contributed by atoms with Crippen LogP contribution in [0.15, 0.2) is 78.5 Å². The fourth-order valence-corrected chi connectivity index (χ4v) is 2.87. The van der Waals surface area contributed by atoms with Crippen molar-refractivity contribution in [1.82, 2.24) is 5.32 Å². The predicted octanol–water partition coefficient (Wildman–Crippen LogP) is 3.86. The van der Waals surface area contributed by atoms with Gasteiger partial charge in [-0.25, -0.2) is 4.39 Å². The molecule has 2 aromatic carbocycles. The van der Waals surface area contributed by atoms with E-state index >= 15 is 0 Å². The predicted molar refractivity (Wildman–Crippen MR) is 119 cm³/mol. The number of carbonyl (C=O) groups excluding carboxylic acids is 3. The van der Waals surface area contributed by atoms with Gasteiger partial charge in [0.15, 0.2) is 5.78 Å². The first-order valence-corrected chi connectivity index (χ1v) is 9.60. The Kier molecular flexibility index (Phi) is 6.77. The van der Waals surface area contributed by atoms with Crippen molar-refractivity contribution in [3.63, 3.8) is 0 Å². The van der Waals surface area contributed by atoms with E-state index < -0.39 is 6.67 Å². The van der Waals surface area contributed by atoms with Gasteiger partial charge >= 0.3 is 0 Å².